The highest BCUT2D eigenvalue weighted by Crippen LogP contribution is 2.37. The lowest BCUT2D eigenvalue weighted by molar-refractivity contribution is 0.574. The molecule has 0 radical (unpaired) electrons. The van der Waals surface area contributed by atoms with Crippen molar-refractivity contribution in [2.24, 2.45) is 0 Å². The summed E-state index contributed by atoms with van der Waals surface area (Å²) in [5.74, 6) is -0.649. The van der Waals surface area contributed by atoms with Gasteiger partial charge in [0.05, 0.1) is 40.9 Å². The molecule has 2 aromatic heterocycles. The number of benzene rings is 2. The zero-order valence-corrected chi connectivity index (χ0v) is 20.6. The molecule has 1 aliphatic heterocycles. The Labute approximate surface area is 219 Å². The highest BCUT2D eigenvalue weighted by atomic mass is 35.5. The lowest BCUT2D eigenvalue weighted by atomic mass is 10.0. The van der Waals surface area contributed by atoms with Gasteiger partial charge >= 0.3 is 0 Å². The van der Waals surface area contributed by atoms with E-state index in [1.807, 2.05) is 30.3 Å². The average molecular weight is 516 g/mol. The van der Waals surface area contributed by atoms with Crippen molar-refractivity contribution in [3.8, 4) is 6.07 Å². The van der Waals surface area contributed by atoms with Crippen LogP contribution in [0.5, 0.6) is 0 Å². The molecule has 37 heavy (non-hydrogen) atoms. The van der Waals surface area contributed by atoms with Crippen molar-refractivity contribution < 1.29 is 5.76 Å². The van der Waals surface area contributed by atoms with E-state index in [1.165, 1.54) is 24.5 Å². The maximum Gasteiger partial charge on any atom is 0.212 e. The third-order valence-corrected chi connectivity index (χ3v) is 6.30. The minimum atomic E-state index is -1.60. The van der Waals surface area contributed by atoms with Gasteiger partial charge in [0, 0.05) is 29.7 Å². The molecule has 0 spiro atoms. The van der Waals surface area contributed by atoms with Crippen molar-refractivity contribution >= 4 is 33.9 Å². The third-order valence-electron chi connectivity index (χ3n) is 6.01. The second-order valence-electron chi connectivity index (χ2n) is 8.35. The number of rotatable bonds is 8. The van der Waals surface area contributed by atoms with Gasteiger partial charge in [-0.25, -0.2) is 4.98 Å². The van der Waals surface area contributed by atoms with E-state index < -0.39 is 12.0 Å². The fourth-order valence-corrected chi connectivity index (χ4v) is 4.47. The number of nitrogens with zero attached hydrogens (tertiary/aromatic N) is 3. The van der Waals surface area contributed by atoms with Gasteiger partial charge in [0.25, 0.3) is 0 Å². The summed E-state index contributed by atoms with van der Waals surface area (Å²) in [6, 6.07) is 16.7. The monoisotopic (exact) mass is 515 g/mol. The highest BCUT2D eigenvalue weighted by Gasteiger charge is 2.22. The van der Waals surface area contributed by atoms with Gasteiger partial charge in [-0.05, 0) is 35.7 Å². The SMILES string of the molecule is [2H]C(Nc1cc(Cl)c2ncc(C#N)c(N[C@H](CC)c3ccccc3)c2c1)(C1=CNNN1)c1ccc(F)nc1. The molecule has 1 unspecified atom stereocenters. The first kappa shape index (κ1) is 23.0. The van der Waals surface area contributed by atoms with Crippen LogP contribution in [0.4, 0.5) is 15.8 Å². The molecule has 2 atom stereocenters. The van der Waals surface area contributed by atoms with E-state index in [4.69, 9.17) is 11.6 Å². The van der Waals surface area contributed by atoms with Crippen molar-refractivity contribution in [3.63, 3.8) is 0 Å². The summed E-state index contributed by atoms with van der Waals surface area (Å²) in [5, 5.41) is 17.6. The first-order valence-corrected chi connectivity index (χ1v) is 12.0. The van der Waals surface area contributed by atoms with E-state index in [2.05, 4.69) is 50.0 Å². The zero-order chi connectivity index (χ0) is 26.7. The topological polar surface area (TPSA) is 110 Å². The molecule has 0 fully saturated rings. The number of nitriles is 1. The fraction of sp³-hybridized carbons (Fsp3) is 0.148. The van der Waals surface area contributed by atoms with Crippen molar-refractivity contribution in [2.75, 3.05) is 10.6 Å². The Morgan fingerprint density at radius 1 is 1.11 bits per heavy atom. The minimum absolute atomic E-state index is 0.0603. The Hall–Kier alpha value is -4.39. The average Bonchev–Trinajstić information content (AvgIpc) is 3.48. The first-order chi connectivity index (χ1) is 18.4. The molecular formula is C27H24ClFN8. The molecule has 0 aliphatic carbocycles. The number of nitrogens with one attached hydrogen (secondary N) is 5. The Bertz CT molecular complexity index is 1540. The lowest BCUT2D eigenvalue weighted by Crippen LogP contribution is -2.34. The lowest BCUT2D eigenvalue weighted by Gasteiger charge is -2.23. The third kappa shape index (κ3) is 5.11. The molecule has 0 amide bonds. The van der Waals surface area contributed by atoms with Crippen LogP contribution in [-0.2, 0) is 0 Å². The molecule has 186 valence electrons. The molecule has 0 saturated carbocycles. The summed E-state index contributed by atoms with van der Waals surface area (Å²) in [6.07, 6.45) is 5.16. The number of aromatic nitrogens is 2. The van der Waals surface area contributed by atoms with Gasteiger partial charge in [-0.3, -0.25) is 4.98 Å². The summed E-state index contributed by atoms with van der Waals surface area (Å²) in [7, 11) is 0. The number of pyridine rings is 2. The Morgan fingerprint density at radius 3 is 2.62 bits per heavy atom. The fourth-order valence-electron chi connectivity index (χ4n) is 4.20. The molecule has 2 aromatic carbocycles. The van der Waals surface area contributed by atoms with E-state index in [0.717, 1.165) is 12.0 Å². The normalized spacial score (nSPS) is 15.4. The van der Waals surface area contributed by atoms with Gasteiger partial charge in [-0.15, -0.1) is 0 Å². The highest BCUT2D eigenvalue weighted by molar-refractivity contribution is 6.35. The summed E-state index contributed by atoms with van der Waals surface area (Å²) in [4.78, 5) is 8.17. The number of halogens is 2. The number of hydrogen-bond acceptors (Lipinski definition) is 8. The summed E-state index contributed by atoms with van der Waals surface area (Å²) in [5.41, 5.74) is 12.3. The molecule has 8 nitrogen and oxygen atoms in total. The number of anilines is 2. The van der Waals surface area contributed by atoms with Crippen molar-refractivity contribution in [1.82, 2.24) is 26.4 Å². The largest absolute Gasteiger partial charge is 0.377 e. The van der Waals surface area contributed by atoms with Crippen LogP contribution in [0.15, 0.2) is 78.9 Å². The van der Waals surface area contributed by atoms with Crippen molar-refractivity contribution in [3.05, 3.63) is 107 Å². The van der Waals surface area contributed by atoms with E-state index >= 15 is 0 Å². The standard InChI is InChI=1S/C27H24ClFN8/c1-2-22(16-6-4-3-5-7-16)35-25-18(12-30)14-32-27-20(25)10-19(11-21(27)28)34-26(23-15-33-37-36-23)17-8-9-24(29)31-13-17/h3-11,13-15,22,26,33-34,36-37H,2H2,1H3,(H,32,35)/t22-,26?/m1/s1/i26D. The number of fused-ring (bicyclic) bond motifs is 1. The van der Waals surface area contributed by atoms with Crippen LogP contribution in [0.3, 0.4) is 0 Å². The second-order valence-corrected chi connectivity index (χ2v) is 8.76. The first-order valence-electron chi connectivity index (χ1n) is 12.1. The van der Waals surface area contributed by atoms with Crippen LogP contribution < -0.4 is 27.0 Å². The van der Waals surface area contributed by atoms with Gasteiger partial charge in [-0.1, -0.05) is 54.9 Å². The van der Waals surface area contributed by atoms with Crippen LogP contribution >= 0.6 is 11.6 Å². The van der Waals surface area contributed by atoms with Gasteiger partial charge in [0.15, 0.2) is 0 Å². The van der Waals surface area contributed by atoms with E-state index in [-0.39, 0.29) is 6.04 Å². The van der Waals surface area contributed by atoms with Gasteiger partial charge in [0.1, 0.15) is 6.07 Å². The summed E-state index contributed by atoms with van der Waals surface area (Å²) < 4.78 is 22.9. The van der Waals surface area contributed by atoms with Crippen LogP contribution in [0.2, 0.25) is 5.02 Å². The minimum Gasteiger partial charge on any atom is -0.377 e. The Morgan fingerprint density at radius 2 is 1.95 bits per heavy atom. The smallest absolute Gasteiger partial charge is 0.212 e. The van der Waals surface area contributed by atoms with Crippen LogP contribution in [0.1, 0.15) is 43.5 Å². The van der Waals surface area contributed by atoms with E-state index in [1.54, 1.807) is 18.3 Å². The molecule has 5 rings (SSSR count). The molecule has 3 heterocycles. The van der Waals surface area contributed by atoms with Crippen LogP contribution in [0.25, 0.3) is 10.9 Å². The molecule has 10 heteroatoms. The number of hydrazine groups is 2. The predicted octanol–water partition coefficient (Wildman–Crippen LogP) is 5.46. The molecular weight excluding hydrogens is 491 g/mol. The van der Waals surface area contributed by atoms with Crippen LogP contribution in [0, 0.1) is 17.3 Å². The Balaban J connectivity index is 1.61. The maximum atomic E-state index is 13.6. The maximum absolute atomic E-state index is 13.6. The molecule has 1 aliphatic rings. The zero-order valence-electron chi connectivity index (χ0n) is 20.8. The second kappa shape index (κ2) is 10.7. The molecule has 0 saturated heterocycles. The van der Waals surface area contributed by atoms with E-state index in [9.17, 15) is 11.0 Å². The molecule has 4 aromatic rings. The summed E-state index contributed by atoms with van der Waals surface area (Å²) in [6.45, 7) is 2.07. The van der Waals surface area contributed by atoms with Crippen molar-refractivity contribution in [2.45, 2.75) is 25.4 Å². The number of hydrogen-bond donors (Lipinski definition) is 5. The van der Waals surface area contributed by atoms with Gasteiger partial charge < -0.3 is 21.5 Å². The van der Waals surface area contributed by atoms with Crippen LogP contribution in [-0.4, -0.2) is 9.97 Å². The summed E-state index contributed by atoms with van der Waals surface area (Å²) >= 11 is 6.68. The van der Waals surface area contributed by atoms with Crippen molar-refractivity contribution in [1.29, 1.82) is 5.26 Å². The Kier molecular flexibility index (Phi) is 6.66. The van der Waals surface area contributed by atoms with E-state index in [0.29, 0.717) is 44.1 Å². The van der Waals surface area contributed by atoms with Gasteiger partial charge in [0.2, 0.25) is 5.95 Å². The predicted molar refractivity (Wildman–Crippen MR) is 143 cm³/mol. The van der Waals surface area contributed by atoms with Gasteiger partial charge in [-0.2, -0.15) is 15.2 Å². The molecule has 5 N–H and O–H groups in total. The quantitative estimate of drug-likeness (QED) is 0.197. The molecule has 0 bridgehead atoms.